The number of hydrogen-bond donors (Lipinski definition) is 2. The van der Waals surface area contributed by atoms with E-state index >= 15 is 0 Å². The van der Waals surface area contributed by atoms with Crippen molar-refractivity contribution in [3.8, 4) is 0 Å². The van der Waals surface area contributed by atoms with Crippen molar-refractivity contribution in [3.63, 3.8) is 0 Å². The Morgan fingerprint density at radius 1 is 1.62 bits per heavy atom. The van der Waals surface area contributed by atoms with Gasteiger partial charge in [-0.3, -0.25) is 5.43 Å². The Bertz CT molecular complexity index is 164. The first-order chi connectivity index (χ1) is 3.79. The van der Waals surface area contributed by atoms with Crippen LogP contribution in [0.2, 0.25) is 0 Å². The summed E-state index contributed by atoms with van der Waals surface area (Å²) in [7, 11) is 0. The topological polar surface area (TPSA) is 50.4 Å². The van der Waals surface area contributed by atoms with Crippen LogP contribution in [-0.4, -0.2) is 5.84 Å². The molecule has 3 N–H and O–H groups in total. The molecule has 3 heteroatoms. The number of amidine groups is 1. The molecule has 0 fully saturated rings. The Morgan fingerprint density at radius 3 is 2.75 bits per heavy atom. The van der Waals surface area contributed by atoms with E-state index in [1.165, 1.54) is 0 Å². The molecule has 0 aliphatic carbocycles. The van der Waals surface area contributed by atoms with E-state index in [0.717, 1.165) is 5.70 Å². The Hall–Kier alpha value is -1.25. The van der Waals surface area contributed by atoms with E-state index in [9.17, 15) is 0 Å². The first kappa shape index (κ1) is 4.90. The fourth-order valence-electron chi connectivity index (χ4n) is 0.397. The van der Waals surface area contributed by atoms with Crippen LogP contribution in [0.3, 0.4) is 0 Å². The van der Waals surface area contributed by atoms with E-state index in [1.807, 2.05) is 0 Å². The van der Waals surface area contributed by atoms with Gasteiger partial charge in [-0.05, 0) is 12.2 Å². The maximum atomic E-state index is 5.26. The third-order valence-corrected chi connectivity index (χ3v) is 0.784. The predicted molar refractivity (Wildman–Crippen MR) is 33.0 cm³/mol. The first-order valence-electron chi connectivity index (χ1n) is 2.25. The zero-order valence-corrected chi connectivity index (χ0v) is 4.39. The molecule has 8 heavy (non-hydrogen) atoms. The Balaban J connectivity index is 2.71. The molecular formula is C5H7N3. The highest BCUT2D eigenvalue weighted by molar-refractivity contribution is 5.92. The van der Waals surface area contributed by atoms with Gasteiger partial charge in [0.15, 0.2) is 0 Å². The number of rotatable bonds is 0. The minimum atomic E-state index is 0.484. The smallest absolute Gasteiger partial charge is 0.143 e. The van der Waals surface area contributed by atoms with E-state index in [4.69, 9.17) is 5.73 Å². The molecule has 0 bridgehead atoms. The highest BCUT2D eigenvalue weighted by Gasteiger charge is 1.91. The van der Waals surface area contributed by atoms with Gasteiger partial charge in [0.05, 0.1) is 0 Å². The lowest BCUT2D eigenvalue weighted by Crippen LogP contribution is -2.18. The maximum Gasteiger partial charge on any atom is 0.143 e. The molecular weight excluding hydrogens is 102 g/mol. The maximum absolute atomic E-state index is 5.26. The second-order valence-electron chi connectivity index (χ2n) is 1.51. The lowest BCUT2D eigenvalue weighted by molar-refractivity contribution is 0.910. The summed E-state index contributed by atoms with van der Waals surface area (Å²) < 4.78 is 0. The summed E-state index contributed by atoms with van der Waals surface area (Å²) >= 11 is 0. The molecule has 1 aliphatic heterocycles. The van der Waals surface area contributed by atoms with Crippen molar-refractivity contribution in [2.75, 3.05) is 0 Å². The highest BCUT2D eigenvalue weighted by Crippen LogP contribution is 1.91. The molecule has 0 spiro atoms. The Labute approximate surface area is 47.6 Å². The number of nitrogens with one attached hydrogen (secondary N) is 1. The number of hydrazone groups is 1. The molecule has 0 saturated carbocycles. The van der Waals surface area contributed by atoms with Crippen LogP contribution in [0.25, 0.3) is 0 Å². The molecule has 0 unspecified atom stereocenters. The van der Waals surface area contributed by atoms with Crippen molar-refractivity contribution in [3.05, 3.63) is 24.4 Å². The zero-order valence-electron chi connectivity index (χ0n) is 4.39. The molecule has 1 heterocycles. The van der Waals surface area contributed by atoms with Gasteiger partial charge in [0.1, 0.15) is 5.84 Å². The number of hydrogen-bond acceptors (Lipinski definition) is 3. The first-order valence-corrected chi connectivity index (χ1v) is 2.25. The molecule has 3 nitrogen and oxygen atoms in total. The van der Waals surface area contributed by atoms with E-state index in [1.54, 1.807) is 12.2 Å². The van der Waals surface area contributed by atoms with E-state index in [2.05, 4.69) is 17.1 Å². The fourth-order valence-corrected chi connectivity index (χ4v) is 0.397. The van der Waals surface area contributed by atoms with Gasteiger partial charge in [-0.2, -0.15) is 5.10 Å². The van der Waals surface area contributed by atoms with Gasteiger partial charge >= 0.3 is 0 Å². The van der Waals surface area contributed by atoms with Gasteiger partial charge < -0.3 is 5.73 Å². The van der Waals surface area contributed by atoms with E-state index in [-0.39, 0.29) is 0 Å². The van der Waals surface area contributed by atoms with Crippen molar-refractivity contribution < 1.29 is 0 Å². The summed E-state index contributed by atoms with van der Waals surface area (Å²) in [6.07, 6.45) is 3.46. The molecule has 0 aromatic heterocycles. The predicted octanol–water partition coefficient (Wildman–Crippen LogP) is -0.0683. The summed E-state index contributed by atoms with van der Waals surface area (Å²) in [5, 5.41) is 3.67. The Morgan fingerprint density at radius 2 is 2.38 bits per heavy atom. The van der Waals surface area contributed by atoms with E-state index in [0.29, 0.717) is 5.84 Å². The molecule has 0 saturated heterocycles. The van der Waals surface area contributed by atoms with Crippen molar-refractivity contribution in [2.24, 2.45) is 10.8 Å². The highest BCUT2D eigenvalue weighted by atomic mass is 15.3. The third-order valence-electron chi connectivity index (χ3n) is 0.784. The minimum Gasteiger partial charge on any atom is -0.382 e. The van der Waals surface area contributed by atoms with Gasteiger partial charge in [0.2, 0.25) is 0 Å². The average molecular weight is 109 g/mol. The normalized spacial score (nSPS) is 17.5. The lowest BCUT2D eigenvalue weighted by Gasteiger charge is -2.03. The second kappa shape index (κ2) is 1.69. The largest absolute Gasteiger partial charge is 0.382 e. The quantitative estimate of drug-likeness (QED) is 0.457. The molecule has 0 aromatic carbocycles. The standard InChI is InChI=1S/C5H7N3/c1-4-2-3-5(6)8-7-4/h2-3,7H,1H2,(H2,6,8). The summed E-state index contributed by atoms with van der Waals surface area (Å²) in [5.74, 6) is 0.484. The molecule has 42 valence electrons. The fraction of sp³-hybridized carbons (Fsp3) is 0. The van der Waals surface area contributed by atoms with Crippen LogP contribution < -0.4 is 11.2 Å². The molecule has 0 atom stereocenters. The van der Waals surface area contributed by atoms with Gasteiger partial charge in [0, 0.05) is 5.70 Å². The molecule has 0 amide bonds. The van der Waals surface area contributed by atoms with Crippen LogP contribution >= 0.6 is 0 Å². The third kappa shape index (κ3) is 0.872. The summed E-state index contributed by atoms with van der Waals surface area (Å²) in [5.41, 5.74) is 8.63. The molecule has 1 rings (SSSR count). The molecule has 1 aliphatic rings. The zero-order chi connectivity index (χ0) is 5.98. The van der Waals surface area contributed by atoms with Crippen LogP contribution in [0.4, 0.5) is 0 Å². The van der Waals surface area contributed by atoms with Gasteiger partial charge in [0.25, 0.3) is 0 Å². The summed E-state index contributed by atoms with van der Waals surface area (Å²) in [4.78, 5) is 0. The lowest BCUT2D eigenvalue weighted by atomic mass is 10.4. The monoisotopic (exact) mass is 109 g/mol. The molecule has 0 radical (unpaired) electrons. The number of nitrogens with two attached hydrogens (primary N) is 1. The van der Waals surface area contributed by atoms with Crippen molar-refractivity contribution in [1.82, 2.24) is 5.43 Å². The minimum absolute atomic E-state index is 0.484. The second-order valence-corrected chi connectivity index (χ2v) is 1.51. The van der Waals surface area contributed by atoms with Gasteiger partial charge in [-0.1, -0.05) is 6.58 Å². The molecule has 0 aromatic rings. The van der Waals surface area contributed by atoms with Crippen LogP contribution in [0, 0.1) is 0 Å². The van der Waals surface area contributed by atoms with Crippen LogP contribution in [0.1, 0.15) is 0 Å². The van der Waals surface area contributed by atoms with Gasteiger partial charge in [-0.25, -0.2) is 0 Å². The average Bonchev–Trinajstić information content (AvgIpc) is 1.77. The van der Waals surface area contributed by atoms with E-state index < -0.39 is 0 Å². The Kier molecular flexibility index (Phi) is 1.04. The van der Waals surface area contributed by atoms with Crippen LogP contribution in [0.15, 0.2) is 29.5 Å². The summed E-state index contributed by atoms with van der Waals surface area (Å²) in [6, 6.07) is 0. The summed E-state index contributed by atoms with van der Waals surface area (Å²) in [6.45, 7) is 3.59. The number of allylic oxidation sites excluding steroid dienone is 1. The van der Waals surface area contributed by atoms with Gasteiger partial charge in [-0.15, -0.1) is 0 Å². The van der Waals surface area contributed by atoms with Crippen LogP contribution in [-0.2, 0) is 0 Å². The SMILES string of the molecule is C=C1C=CC(N)=NN1. The number of nitrogens with zero attached hydrogens (tertiary/aromatic N) is 1. The van der Waals surface area contributed by atoms with Crippen molar-refractivity contribution in [1.29, 1.82) is 0 Å². The van der Waals surface area contributed by atoms with Crippen LogP contribution in [0.5, 0.6) is 0 Å². The van der Waals surface area contributed by atoms with Crippen molar-refractivity contribution in [2.45, 2.75) is 0 Å². The van der Waals surface area contributed by atoms with Crippen molar-refractivity contribution >= 4 is 5.84 Å².